The van der Waals surface area contributed by atoms with E-state index in [-0.39, 0.29) is 12.5 Å². The first kappa shape index (κ1) is 15.3. The molecule has 0 aliphatic rings. The van der Waals surface area contributed by atoms with Crippen LogP contribution in [0.25, 0.3) is 0 Å². The zero-order valence-electron chi connectivity index (χ0n) is 12.0. The number of thiophene rings is 1. The van der Waals surface area contributed by atoms with Gasteiger partial charge in [0.25, 0.3) is 5.91 Å². The summed E-state index contributed by atoms with van der Waals surface area (Å²) in [6, 6.07) is 5.61. The fraction of sp³-hybridized carbons (Fsp3) is 0.333. The first-order valence-electron chi connectivity index (χ1n) is 6.63. The normalized spacial score (nSPS) is 10.0. The molecule has 21 heavy (non-hydrogen) atoms. The maximum Gasteiger partial charge on any atom is 0.269 e. The lowest BCUT2D eigenvalue weighted by Crippen LogP contribution is -2.24. The van der Waals surface area contributed by atoms with E-state index in [1.807, 2.05) is 25.1 Å². The highest BCUT2D eigenvalue weighted by atomic mass is 32.1. The fourth-order valence-corrected chi connectivity index (χ4v) is 2.66. The second kappa shape index (κ2) is 7.07. The molecule has 0 atom stereocenters. The van der Waals surface area contributed by atoms with Gasteiger partial charge in [-0.05, 0) is 24.6 Å². The number of nitrogens with zero attached hydrogens (tertiary/aromatic N) is 2. The van der Waals surface area contributed by atoms with Gasteiger partial charge in [-0.15, -0.1) is 11.3 Å². The highest BCUT2D eigenvalue weighted by molar-refractivity contribution is 7.12. The molecule has 0 fully saturated rings. The van der Waals surface area contributed by atoms with Crippen molar-refractivity contribution in [2.45, 2.75) is 19.9 Å². The Bertz CT molecular complexity index is 691. The number of carbonyl (C=O) groups is 1. The third-order valence-electron chi connectivity index (χ3n) is 2.90. The minimum absolute atomic E-state index is 0.138. The van der Waals surface area contributed by atoms with Crippen LogP contribution in [0.15, 0.2) is 18.2 Å². The molecular weight excluding hydrogens is 286 g/mol. The summed E-state index contributed by atoms with van der Waals surface area (Å²) in [4.78, 5) is 14.0. The van der Waals surface area contributed by atoms with Gasteiger partial charge in [0.2, 0.25) is 0 Å². The van der Waals surface area contributed by atoms with Crippen LogP contribution in [-0.2, 0) is 20.0 Å². The molecule has 1 amide bonds. The molecule has 0 bridgehead atoms. The Labute approximate surface area is 127 Å². The van der Waals surface area contributed by atoms with Crippen molar-refractivity contribution in [2.24, 2.45) is 7.05 Å². The van der Waals surface area contributed by atoms with Crippen molar-refractivity contribution in [3.8, 4) is 11.8 Å². The lowest BCUT2D eigenvalue weighted by molar-refractivity contribution is 0.0942. The Hall–Kier alpha value is -2.10. The third kappa shape index (κ3) is 3.94. The number of rotatable bonds is 4. The molecule has 0 radical (unpaired) electrons. The van der Waals surface area contributed by atoms with E-state index in [0.29, 0.717) is 12.2 Å². The van der Waals surface area contributed by atoms with Crippen molar-refractivity contribution in [1.29, 1.82) is 0 Å². The average Bonchev–Trinajstić information content (AvgIpc) is 3.09. The predicted octanol–water partition coefficient (Wildman–Crippen LogP) is 1.32. The third-order valence-corrected chi connectivity index (χ3v) is 3.90. The van der Waals surface area contributed by atoms with Crippen LogP contribution in [0.3, 0.4) is 0 Å². The number of hydrogen-bond donors (Lipinski definition) is 2. The Balaban J connectivity index is 1.97. The van der Waals surface area contributed by atoms with Crippen LogP contribution in [0, 0.1) is 11.8 Å². The molecule has 0 aromatic carbocycles. The fourth-order valence-electron chi connectivity index (χ4n) is 1.84. The van der Waals surface area contributed by atoms with E-state index < -0.39 is 0 Å². The highest BCUT2D eigenvalue weighted by Crippen LogP contribution is 2.15. The minimum Gasteiger partial charge on any atom is -0.384 e. The van der Waals surface area contributed by atoms with Gasteiger partial charge in [-0.25, -0.2) is 0 Å². The van der Waals surface area contributed by atoms with Crippen LogP contribution in [0.2, 0.25) is 0 Å². The van der Waals surface area contributed by atoms with Gasteiger partial charge in [0.15, 0.2) is 0 Å². The summed E-state index contributed by atoms with van der Waals surface area (Å²) in [5.74, 6) is 5.31. The first-order valence-corrected chi connectivity index (χ1v) is 7.45. The van der Waals surface area contributed by atoms with Crippen LogP contribution < -0.4 is 5.32 Å². The van der Waals surface area contributed by atoms with E-state index in [9.17, 15) is 4.79 Å². The van der Waals surface area contributed by atoms with E-state index in [0.717, 1.165) is 21.9 Å². The maximum absolute atomic E-state index is 12.1. The zero-order valence-corrected chi connectivity index (χ0v) is 12.8. The van der Waals surface area contributed by atoms with Crippen LogP contribution in [0.5, 0.6) is 0 Å². The number of amides is 1. The Morgan fingerprint density at radius 2 is 2.33 bits per heavy atom. The average molecular weight is 303 g/mol. The molecule has 2 N–H and O–H groups in total. The molecular formula is C15H17N3O2S. The number of aliphatic hydroxyl groups is 1. The summed E-state index contributed by atoms with van der Waals surface area (Å²) in [7, 11) is 1.77. The summed E-state index contributed by atoms with van der Waals surface area (Å²) < 4.78 is 1.60. The Morgan fingerprint density at radius 3 is 3.00 bits per heavy atom. The minimum atomic E-state index is -0.149. The molecule has 110 valence electrons. The quantitative estimate of drug-likeness (QED) is 0.837. The van der Waals surface area contributed by atoms with Crippen molar-refractivity contribution in [3.05, 3.63) is 39.3 Å². The maximum atomic E-state index is 12.1. The summed E-state index contributed by atoms with van der Waals surface area (Å²) >= 11 is 1.50. The number of nitrogens with one attached hydrogen (secondary N) is 1. The van der Waals surface area contributed by atoms with E-state index in [2.05, 4.69) is 22.3 Å². The van der Waals surface area contributed by atoms with E-state index in [1.54, 1.807) is 11.7 Å². The van der Waals surface area contributed by atoms with Gasteiger partial charge in [-0.2, -0.15) is 5.10 Å². The van der Waals surface area contributed by atoms with Crippen LogP contribution >= 0.6 is 11.3 Å². The lowest BCUT2D eigenvalue weighted by Gasteiger charge is -2.03. The molecule has 5 nitrogen and oxygen atoms in total. The molecule has 2 rings (SSSR count). The van der Waals surface area contributed by atoms with Gasteiger partial charge in [-0.1, -0.05) is 18.8 Å². The van der Waals surface area contributed by atoms with Crippen molar-refractivity contribution in [2.75, 3.05) is 6.61 Å². The number of aliphatic hydroxyl groups excluding tert-OH is 1. The lowest BCUT2D eigenvalue weighted by atomic mass is 10.3. The molecule has 0 aliphatic heterocycles. The Morgan fingerprint density at radius 1 is 1.52 bits per heavy atom. The van der Waals surface area contributed by atoms with Crippen molar-refractivity contribution in [1.82, 2.24) is 15.1 Å². The zero-order chi connectivity index (χ0) is 15.2. The summed E-state index contributed by atoms with van der Waals surface area (Å²) in [6.07, 6.45) is 0.804. The van der Waals surface area contributed by atoms with Gasteiger partial charge in [0.1, 0.15) is 12.3 Å². The molecule has 2 heterocycles. The monoisotopic (exact) mass is 303 g/mol. The summed E-state index contributed by atoms with van der Waals surface area (Å²) in [6.45, 7) is 2.31. The molecule has 2 aromatic rings. The smallest absolute Gasteiger partial charge is 0.269 e. The van der Waals surface area contributed by atoms with Gasteiger partial charge in [-0.3, -0.25) is 9.48 Å². The van der Waals surface area contributed by atoms with Crippen LogP contribution in [-0.4, -0.2) is 27.4 Å². The van der Waals surface area contributed by atoms with Crippen molar-refractivity contribution < 1.29 is 9.90 Å². The Kier molecular flexibility index (Phi) is 5.14. The van der Waals surface area contributed by atoms with E-state index >= 15 is 0 Å². The second-order valence-electron chi connectivity index (χ2n) is 4.41. The largest absolute Gasteiger partial charge is 0.384 e. The molecule has 0 saturated carbocycles. The van der Waals surface area contributed by atoms with E-state index in [1.165, 1.54) is 11.3 Å². The van der Waals surface area contributed by atoms with Gasteiger partial charge in [0.05, 0.1) is 17.1 Å². The van der Waals surface area contributed by atoms with Gasteiger partial charge >= 0.3 is 0 Å². The molecule has 0 aliphatic carbocycles. The topological polar surface area (TPSA) is 67.2 Å². The van der Waals surface area contributed by atoms with Gasteiger partial charge < -0.3 is 10.4 Å². The second-order valence-corrected chi connectivity index (χ2v) is 5.57. The number of aromatic nitrogens is 2. The molecule has 0 unspecified atom stereocenters. The molecule has 0 spiro atoms. The van der Waals surface area contributed by atoms with E-state index in [4.69, 9.17) is 5.11 Å². The van der Waals surface area contributed by atoms with Crippen molar-refractivity contribution >= 4 is 17.2 Å². The molecule has 0 saturated heterocycles. The molecule has 6 heteroatoms. The number of carbonyl (C=O) groups excluding carboxylic acids is 1. The number of aryl methyl sites for hydroxylation is 2. The highest BCUT2D eigenvalue weighted by Gasteiger charge is 2.12. The summed E-state index contributed by atoms with van der Waals surface area (Å²) in [5.41, 5.74) is 1.46. The molecule has 2 aromatic heterocycles. The van der Waals surface area contributed by atoms with Crippen molar-refractivity contribution in [3.63, 3.8) is 0 Å². The SMILES string of the molecule is CCc1cc(C(=O)NCc2ccc(C#CCO)s2)n(C)n1. The standard InChI is InChI=1S/C15H17N3O2S/c1-3-11-9-14(18(2)17-11)15(20)16-10-13-7-6-12(21-13)5-4-8-19/h6-7,9,19H,3,8,10H2,1-2H3,(H,16,20). The summed E-state index contributed by atoms with van der Waals surface area (Å²) in [5, 5.41) is 15.8. The number of hydrogen-bond acceptors (Lipinski definition) is 4. The van der Waals surface area contributed by atoms with Crippen LogP contribution in [0.4, 0.5) is 0 Å². The van der Waals surface area contributed by atoms with Crippen LogP contribution in [0.1, 0.15) is 32.9 Å². The first-order chi connectivity index (χ1) is 10.1. The van der Waals surface area contributed by atoms with Gasteiger partial charge in [0, 0.05) is 11.9 Å². The predicted molar refractivity (Wildman–Crippen MR) is 82.0 cm³/mol.